The quantitative estimate of drug-likeness (QED) is 0.345. The molecule has 0 aliphatic heterocycles. The van der Waals surface area contributed by atoms with E-state index in [9.17, 15) is 0 Å². The Morgan fingerprint density at radius 3 is 1.00 bits per heavy atom. The van der Waals surface area contributed by atoms with Gasteiger partial charge >= 0.3 is 0 Å². The average Bonchev–Trinajstić information content (AvgIpc) is 0. The minimum atomic E-state index is 0. The van der Waals surface area contributed by atoms with Crippen molar-refractivity contribution in [2.75, 3.05) is 0 Å². The smallest absolute Gasteiger partial charge is 0 e. The second-order valence-electron chi connectivity index (χ2n) is 0. The maximum atomic E-state index is 0. The van der Waals surface area contributed by atoms with Crippen molar-refractivity contribution in [3.63, 3.8) is 0 Å². The molecule has 0 aromatic heterocycles. The Hall–Kier alpha value is 1.30. The first-order valence-corrected chi connectivity index (χ1v) is 0. The Morgan fingerprint density at radius 1 is 1.00 bits per heavy atom. The third-order valence-electron chi connectivity index (χ3n) is 0. The van der Waals surface area contributed by atoms with Crippen LogP contribution in [0.4, 0.5) is 0 Å². The summed E-state index contributed by atoms with van der Waals surface area (Å²) in [6.45, 7) is 0. The van der Waals surface area contributed by atoms with E-state index < -0.39 is 0 Å². The number of hydrogen-bond donors (Lipinski definition) is 0. The van der Waals surface area contributed by atoms with Crippen LogP contribution in [0.5, 0.6) is 0 Å². The summed E-state index contributed by atoms with van der Waals surface area (Å²) in [6.07, 6.45) is 0. The van der Waals surface area contributed by atoms with Gasteiger partial charge in [-0.05, 0) is 0 Å². The van der Waals surface area contributed by atoms with Crippen molar-refractivity contribution in [1.82, 2.24) is 0 Å². The van der Waals surface area contributed by atoms with Crippen LogP contribution in [0.3, 0.4) is 0 Å². The molecular weight excluding hydrogens is 130 g/mol. The summed E-state index contributed by atoms with van der Waals surface area (Å²) >= 11 is 0. The largest absolute Gasteiger partial charge is 0 e. The average molecular weight is 130 g/mol. The zero-order chi connectivity index (χ0) is 0. The first-order valence-electron chi connectivity index (χ1n) is 0. The molecule has 0 saturated heterocycles. The molecule has 0 aliphatic carbocycles. The van der Waals surface area contributed by atoms with E-state index in [4.69, 9.17) is 0 Å². The van der Waals surface area contributed by atoms with Gasteiger partial charge in [0.05, 0.1) is 0 Å². The van der Waals surface area contributed by atoms with Crippen LogP contribution in [0.1, 0.15) is 0 Å². The van der Waals surface area contributed by atoms with Crippen LogP contribution in [0.2, 0.25) is 0 Å². The second kappa shape index (κ2) is 27.7. The Balaban J connectivity index is 0. The molecule has 3 heteroatoms. The fourth-order valence-corrected chi connectivity index (χ4v) is 0. The van der Waals surface area contributed by atoms with Gasteiger partial charge in [-0.3, -0.25) is 0 Å². The number of hydrogen-bond acceptors (Lipinski definition) is 0. The van der Waals surface area contributed by atoms with E-state index in [2.05, 4.69) is 0 Å². The monoisotopic (exact) mass is 130 g/mol. The van der Waals surface area contributed by atoms with E-state index in [1.807, 2.05) is 0 Å². The molecule has 0 amide bonds. The van der Waals surface area contributed by atoms with Crippen LogP contribution in [0, 0.1) is 7.43 Å². The summed E-state index contributed by atoms with van der Waals surface area (Å²) in [5, 5.41) is 0. The van der Waals surface area contributed by atoms with Crippen LogP contribution in [0.25, 0.3) is 0 Å². The SMILES string of the molecule is [C].[Mn].[P].[S]. The van der Waals surface area contributed by atoms with E-state index in [0.717, 1.165) is 0 Å². The minimum Gasteiger partial charge on any atom is 0 e. The van der Waals surface area contributed by atoms with Gasteiger partial charge in [0.2, 0.25) is 0 Å². The van der Waals surface area contributed by atoms with Crippen molar-refractivity contribution in [3.05, 3.63) is 7.43 Å². The molecule has 4 heavy (non-hydrogen) atoms. The van der Waals surface area contributed by atoms with Gasteiger partial charge in [-0.2, -0.15) is 0 Å². The van der Waals surface area contributed by atoms with Crippen LogP contribution in [0.15, 0.2) is 0 Å². The summed E-state index contributed by atoms with van der Waals surface area (Å²) in [5.74, 6) is 0. The van der Waals surface area contributed by atoms with Gasteiger partial charge in [-0.25, -0.2) is 0 Å². The van der Waals surface area contributed by atoms with Crippen molar-refractivity contribution >= 4 is 23.4 Å². The molecule has 0 aliphatic rings. The molecule has 22 valence electrons. The van der Waals surface area contributed by atoms with E-state index in [0.29, 0.717) is 0 Å². The summed E-state index contributed by atoms with van der Waals surface area (Å²) in [6, 6.07) is 0. The Morgan fingerprint density at radius 2 is 1.00 bits per heavy atom. The molecule has 0 nitrogen and oxygen atoms in total. The van der Waals surface area contributed by atoms with Gasteiger partial charge < -0.3 is 0 Å². The van der Waals surface area contributed by atoms with Gasteiger partial charge in [0.1, 0.15) is 0 Å². The standard InChI is InChI=1S/C.Mn.P.S. The first-order chi connectivity index (χ1) is 0. The zero-order valence-corrected chi connectivity index (χ0v) is 4.62. The summed E-state index contributed by atoms with van der Waals surface area (Å²) in [7, 11) is 0. The molecule has 0 aromatic carbocycles. The third kappa shape index (κ3) is 10.3. The Labute approximate surface area is 48.3 Å². The Kier molecular flexibility index (Phi) is 402. The predicted octanol–water partition coefficient (Wildman–Crippen LogP) is 1.59. The Bertz CT molecular complexity index is 8.00. The van der Waals surface area contributed by atoms with E-state index in [1.165, 1.54) is 0 Å². The van der Waals surface area contributed by atoms with Gasteiger partial charge in [-0.15, -0.1) is 0 Å². The first kappa shape index (κ1) is 58.0. The van der Waals surface area contributed by atoms with Gasteiger partial charge in [0.15, 0.2) is 0 Å². The molecule has 10 radical (unpaired) electrons. The van der Waals surface area contributed by atoms with Gasteiger partial charge in [0, 0.05) is 47.9 Å². The molecule has 0 aromatic rings. The summed E-state index contributed by atoms with van der Waals surface area (Å²) in [5.41, 5.74) is 0. The van der Waals surface area contributed by atoms with E-state index in [-0.39, 0.29) is 47.9 Å². The molecule has 0 N–H and O–H groups in total. The van der Waals surface area contributed by atoms with Gasteiger partial charge in [-0.1, -0.05) is 0 Å². The molecule has 0 atom stereocenters. The normalized spacial score (nSPS) is 0. The van der Waals surface area contributed by atoms with Crippen molar-refractivity contribution in [3.8, 4) is 0 Å². The zero-order valence-electron chi connectivity index (χ0n) is 1.73. The van der Waals surface area contributed by atoms with Crippen molar-refractivity contribution in [2.24, 2.45) is 0 Å². The predicted molar refractivity (Wildman–Crippen MR) is 17.8 cm³/mol. The number of rotatable bonds is 0. The summed E-state index contributed by atoms with van der Waals surface area (Å²) in [4.78, 5) is 0. The van der Waals surface area contributed by atoms with Crippen LogP contribution >= 0.6 is 23.4 Å². The maximum absolute atomic E-state index is 0. The molecular formula is CMnPS. The van der Waals surface area contributed by atoms with Crippen LogP contribution in [-0.4, -0.2) is 0 Å². The molecule has 0 spiro atoms. The van der Waals surface area contributed by atoms with Crippen LogP contribution < -0.4 is 0 Å². The van der Waals surface area contributed by atoms with Gasteiger partial charge in [0.25, 0.3) is 0 Å². The van der Waals surface area contributed by atoms with E-state index in [1.54, 1.807) is 0 Å². The fraction of sp³-hybridized carbons (Fsp3) is 0. The topological polar surface area (TPSA) is 0 Å². The molecule has 0 saturated carbocycles. The van der Waals surface area contributed by atoms with Crippen molar-refractivity contribution in [1.29, 1.82) is 0 Å². The maximum Gasteiger partial charge on any atom is 0 e. The van der Waals surface area contributed by atoms with Crippen LogP contribution in [-0.2, 0) is 17.1 Å². The van der Waals surface area contributed by atoms with Crippen molar-refractivity contribution < 1.29 is 17.1 Å². The fourth-order valence-electron chi connectivity index (χ4n) is 0. The molecule has 0 unspecified atom stereocenters. The van der Waals surface area contributed by atoms with E-state index >= 15 is 0 Å². The van der Waals surface area contributed by atoms with Crippen molar-refractivity contribution in [2.45, 2.75) is 0 Å². The molecule has 0 fully saturated rings. The molecule has 0 bridgehead atoms. The molecule has 0 rings (SSSR count). The minimum absolute atomic E-state index is 0. The third-order valence-corrected chi connectivity index (χ3v) is 0. The second-order valence-corrected chi connectivity index (χ2v) is 0. The summed E-state index contributed by atoms with van der Waals surface area (Å²) < 4.78 is 0. The molecule has 0 heterocycles.